The van der Waals surface area contributed by atoms with Crippen LogP contribution in [0.5, 0.6) is 0 Å². The summed E-state index contributed by atoms with van der Waals surface area (Å²) < 4.78 is 4.66. The summed E-state index contributed by atoms with van der Waals surface area (Å²) in [7, 11) is 1.33. The number of thiophene rings is 2. The maximum atomic E-state index is 12.6. The number of ether oxygens (including phenoxy) is 1. The Bertz CT molecular complexity index is 774. The van der Waals surface area contributed by atoms with Gasteiger partial charge in [0.25, 0.3) is 5.91 Å². The lowest BCUT2D eigenvalue weighted by Crippen LogP contribution is -2.28. The molecule has 0 aliphatic heterocycles. The van der Waals surface area contributed by atoms with E-state index >= 15 is 0 Å². The van der Waals surface area contributed by atoms with Gasteiger partial charge in [0.1, 0.15) is 0 Å². The second-order valence-corrected chi connectivity index (χ2v) is 6.81. The van der Waals surface area contributed by atoms with Crippen molar-refractivity contribution >= 4 is 34.6 Å². The van der Waals surface area contributed by atoms with Crippen molar-refractivity contribution in [3.05, 3.63) is 80.2 Å². The van der Waals surface area contributed by atoms with Crippen LogP contribution in [0.2, 0.25) is 0 Å². The molecule has 1 amide bonds. The number of esters is 1. The van der Waals surface area contributed by atoms with Crippen molar-refractivity contribution in [3.63, 3.8) is 0 Å². The van der Waals surface area contributed by atoms with E-state index in [2.05, 4.69) is 10.1 Å². The van der Waals surface area contributed by atoms with Gasteiger partial charge >= 0.3 is 5.97 Å². The molecule has 0 saturated carbocycles. The molecule has 4 nitrogen and oxygen atoms in total. The molecular weight excluding hydrogens is 342 g/mol. The van der Waals surface area contributed by atoms with Crippen molar-refractivity contribution in [2.75, 3.05) is 7.11 Å². The number of amides is 1. The summed E-state index contributed by atoms with van der Waals surface area (Å²) in [5.41, 5.74) is 1.98. The Morgan fingerprint density at radius 3 is 2.38 bits per heavy atom. The normalized spacial score (nSPS) is 11.7. The molecule has 2 heterocycles. The van der Waals surface area contributed by atoms with Crippen molar-refractivity contribution in [2.45, 2.75) is 6.04 Å². The second-order valence-electron chi connectivity index (χ2n) is 5.05. The Morgan fingerprint density at radius 1 is 1.04 bits per heavy atom. The fraction of sp³-hybridized carbons (Fsp3) is 0.111. The van der Waals surface area contributed by atoms with Gasteiger partial charge in [-0.3, -0.25) is 4.79 Å². The zero-order valence-electron chi connectivity index (χ0n) is 12.9. The third-order valence-electron chi connectivity index (χ3n) is 3.55. The Balaban J connectivity index is 1.80. The minimum absolute atomic E-state index is 0.177. The van der Waals surface area contributed by atoms with Gasteiger partial charge in [-0.15, -0.1) is 11.3 Å². The van der Waals surface area contributed by atoms with Gasteiger partial charge in [-0.2, -0.15) is 11.3 Å². The van der Waals surface area contributed by atoms with Crippen LogP contribution in [0.1, 0.15) is 37.2 Å². The number of hydrogen-bond donors (Lipinski definition) is 1. The molecule has 1 N–H and O–H groups in total. The Kier molecular flexibility index (Phi) is 5.08. The van der Waals surface area contributed by atoms with Crippen LogP contribution in [0.3, 0.4) is 0 Å². The van der Waals surface area contributed by atoms with E-state index in [1.54, 1.807) is 46.9 Å². The van der Waals surface area contributed by atoms with Gasteiger partial charge in [-0.05, 0) is 58.1 Å². The van der Waals surface area contributed by atoms with E-state index in [0.29, 0.717) is 11.1 Å². The Hall–Kier alpha value is -2.44. The number of methoxy groups -OCH3 is 1. The molecule has 0 unspecified atom stereocenters. The van der Waals surface area contributed by atoms with Crippen LogP contribution in [-0.4, -0.2) is 19.0 Å². The maximum Gasteiger partial charge on any atom is 0.337 e. The van der Waals surface area contributed by atoms with Gasteiger partial charge in [0, 0.05) is 10.4 Å². The molecular formula is C18H15NO3S2. The number of benzene rings is 1. The summed E-state index contributed by atoms with van der Waals surface area (Å²) in [6.07, 6.45) is 0. The van der Waals surface area contributed by atoms with Crippen LogP contribution in [-0.2, 0) is 4.74 Å². The summed E-state index contributed by atoms with van der Waals surface area (Å²) in [4.78, 5) is 25.1. The van der Waals surface area contributed by atoms with E-state index in [1.807, 2.05) is 34.3 Å². The molecule has 0 aliphatic rings. The van der Waals surface area contributed by atoms with Crippen molar-refractivity contribution in [3.8, 4) is 0 Å². The Morgan fingerprint density at radius 2 is 1.79 bits per heavy atom. The lowest BCUT2D eigenvalue weighted by molar-refractivity contribution is 0.0600. The van der Waals surface area contributed by atoms with Gasteiger partial charge in [0.15, 0.2) is 0 Å². The molecule has 0 saturated heterocycles. The van der Waals surface area contributed by atoms with E-state index in [0.717, 1.165) is 10.4 Å². The van der Waals surface area contributed by atoms with E-state index in [-0.39, 0.29) is 11.9 Å². The summed E-state index contributed by atoms with van der Waals surface area (Å²) in [6, 6.07) is 12.2. The highest BCUT2D eigenvalue weighted by molar-refractivity contribution is 7.10. The third kappa shape index (κ3) is 3.55. The van der Waals surface area contributed by atoms with Crippen LogP contribution in [0.4, 0.5) is 0 Å². The minimum Gasteiger partial charge on any atom is -0.465 e. The molecule has 3 aromatic rings. The van der Waals surface area contributed by atoms with Crippen LogP contribution in [0.15, 0.2) is 58.6 Å². The average Bonchev–Trinajstić information content (AvgIpc) is 3.32. The first kappa shape index (κ1) is 16.4. The molecule has 2 aromatic heterocycles. The molecule has 0 bridgehead atoms. The van der Waals surface area contributed by atoms with Crippen molar-refractivity contribution < 1.29 is 14.3 Å². The SMILES string of the molecule is COC(=O)c1ccc(C(=O)N[C@@H](c2ccsc2)c2cccs2)cc1. The lowest BCUT2D eigenvalue weighted by atomic mass is 10.1. The molecule has 6 heteroatoms. The van der Waals surface area contributed by atoms with Gasteiger partial charge in [0.05, 0.1) is 18.7 Å². The lowest BCUT2D eigenvalue weighted by Gasteiger charge is -2.16. The van der Waals surface area contributed by atoms with Gasteiger partial charge in [0.2, 0.25) is 0 Å². The van der Waals surface area contributed by atoms with Crippen molar-refractivity contribution in [1.82, 2.24) is 5.32 Å². The molecule has 0 radical (unpaired) electrons. The van der Waals surface area contributed by atoms with Gasteiger partial charge in [-0.1, -0.05) is 6.07 Å². The number of nitrogens with one attached hydrogen (secondary N) is 1. The summed E-state index contributed by atoms with van der Waals surface area (Å²) in [5.74, 6) is -0.604. The summed E-state index contributed by atoms with van der Waals surface area (Å²) >= 11 is 3.20. The molecule has 0 fully saturated rings. The number of carbonyl (C=O) groups is 2. The van der Waals surface area contributed by atoms with E-state index in [4.69, 9.17) is 0 Å². The zero-order chi connectivity index (χ0) is 16.9. The maximum absolute atomic E-state index is 12.6. The van der Waals surface area contributed by atoms with E-state index in [9.17, 15) is 9.59 Å². The first-order valence-electron chi connectivity index (χ1n) is 7.24. The Labute approximate surface area is 147 Å². The average molecular weight is 357 g/mol. The molecule has 3 rings (SSSR count). The highest BCUT2D eigenvalue weighted by atomic mass is 32.1. The highest BCUT2D eigenvalue weighted by Gasteiger charge is 2.19. The second kappa shape index (κ2) is 7.42. The molecule has 0 spiro atoms. The van der Waals surface area contributed by atoms with Gasteiger partial charge in [-0.25, -0.2) is 4.79 Å². The summed E-state index contributed by atoms with van der Waals surface area (Å²) in [6.45, 7) is 0. The first-order chi connectivity index (χ1) is 11.7. The fourth-order valence-electron chi connectivity index (χ4n) is 2.30. The summed E-state index contributed by atoms with van der Waals surface area (Å²) in [5, 5.41) is 9.08. The third-order valence-corrected chi connectivity index (χ3v) is 5.19. The van der Waals surface area contributed by atoms with Crippen molar-refractivity contribution in [1.29, 1.82) is 0 Å². The van der Waals surface area contributed by atoms with E-state index in [1.165, 1.54) is 7.11 Å². The molecule has 122 valence electrons. The number of rotatable bonds is 5. The van der Waals surface area contributed by atoms with Gasteiger partial charge < -0.3 is 10.1 Å². The number of hydrogen-bond acceptors (Lipinski definition) is 5. The first-order valence-corrected chi connectivity index (χ1v) is 9.06. The largest absolute Gasteiger partial charge is 0.465 e. The monoisotopic (exact) mass is 357 g/mol. The standard InChI is InChI=1S/C18H15NO3S2/c1-22-18(21)13-6-4-12(5-7-13)17(20)19-16(14-8-10-23-11-14)15-3-2-9-24-15/h2-11,16H,1H3,(H,19,20)/t16-/m0/s1. The highest BCUT2D eigenvalue weighted by Crippen LogP contribution is 2.28. The molecule has 24 heavy (non-hydrogen) atoms. The van der Waals surface area contributed by atoms with E-state index < -0.39 is 5.97 Å². The zero-order valence-corrected chi connectivity index (χ0v) is 14.5. The van der Waals surface area contributed by atoms with Crippen LogP contribution < -0.4 is 5.32 Å². The molecule has 1 atom stereocenters. The molecule has 0 aliphatic carbocycles. The smallest absolute Gasteiger partial charge is 0.337 e. The predicted octanol–water partition coefficient (Wildman–Crippen LogP) is 4.12. The predicted molar refractivity (Wildman–Crippen MR) is 95.7 cm³/mol. The quantitative estimate of drug-likeness (QED) is 0.699. The number of carbonyl (C=O) groups excluding carboxylic acids is 2. The topological polar surface area (TPSA) is 55.4 Å². The van der Waals surface area contributed by atoms with Crippen molar-refractivity contribution in [2.24, 2.45) is 0 Å². The molecule has 1 aromatic carbocycles. The van der Waals surface area contributed by atoms with Crippen LogP contribution in [0.25, 0.3) is 0 Å². The van der Waals surface area contributed by atoms with Crippen LogP contribution in [0, 0.1) is 0 Å². The van der Waals surface area contributed by atoms with Crippen LogP contribution >= 0.6 is 22.7 Å². The minimum atomic E-state index is -0.420. The fourth-order valence-corrected chi connectivity index (χ4v) is 3.79.